The highest BCUT2D eigenvalue weighted by Gasteiger charge is 2.73. The van der Waals surface area contributed by atoms with Gasteiger partial charge in [0, 0.05) is 5.41 Å². The van der Waals surface area contributed by atoms with Crippen LogP contribution in [0.2, 0.25) is 0 Å². The van der Waals surface area contributed by atoms with E-state index >= 15 is 0 Å². The van der Waals surface area contributed by atoms with Gasteiger partial charge in [-0.25, -0.2) is 12.7 Å². The molecule has 5 nitrogen and oxygen atoms in total. The molecule has 2 aliphatic carbocycles. The van der Waals surface area contributed by atoms with E-state index in [1.807, 2.05) is 30.3 Å². The highest BCUT2D eigenvalue weighted by atomic mass is 32.2. The summed E-state index contributed by atoms with van der Waals surface area (Å²) in [4.78, 5) is 13.1. The average Bonchev–Trinajstić information content (AvgIpc) is 3.23. The van der Waals surface area contributed by atoms with Gasteiger partial charge in [0.15, 0.2) is 0 Å². The first kappa shape index (κ1) is 15.8. The number of nitrogens with zero attached hydrogens (tertiary/aromatic N) is 1. The lowest BCUT2D eigenvalue weighted by Gasteiger charge is -2.37. The predicted molar refractivity (Wildman–Crippen MR) is 94.1 cm³/mol. The molecular formula is C19H24N2O3S. The van der Waals surface area contributed by atoms with Crippen LogP contribution < -0.4 is 5.32 Å². The van der Waals surface area contributed by atoms with E-state index in [4.69, 9.17) is 0 Å². The van der Waals surface area contributed by atoms with Gasteiger partial charge in [0.25, 0.3) is 5.91 Å². The lowest BCUT2D eigenvalue weighted by molar-refractivity contribution is -0.128. The fourth-order valence-electron chi connectivity index (χ4n) is 6.02. The van der Waals surface area contributed by atoms with Crippen LogP contribution in [0.3, 0.4) is 0 Å². The van der Waals surface area contributed by atoms with E-state index < -0.39 is 16.1 Å². The third-order valence-electron chi connectivity index (χ3n) is 7.64. The van der Waals surface area contributed by atoms with E-state index in [-0.39, 0.29) is 34.6 Å². The molecule has 1 amide bonds. The Bertz CT molecular complexity index is 851. The Kier molecular flexibility index (Phi) is 2.95. The molecule has 2 saturated heterocycles. The van der Waals surface area contributed by atoms with Gasteiger partial charge < -0.3 is 0 Å². The Morgan fingerprint density at radius 2 is 1.96 bits per heavy atom. The Labute approximate surface area is 148 Å². The van der Waals surface area contributed by atoms with Crippen molar-refractivity contribution in [2.45, 2.75) is 51.2 Å². The molecule has 2 saturated carbocycles. The number of hydrogen-bond acceptors (Lipinski definition) is 4. The molecule has 0 radical (unpaired) electrons. The number of carbonyl (C=O) groups is 1. The maximum atomic E-state index is 13.1. The van der Waals surface area contributed by atoms with Crippen molar-refractivity contribution < 1.29 is 13.2 Å². The normalized spacial score (nSPS) is 42.4. The number of benzene rings is 1. The third-order valence-corrected chi connectivity index (χ3v) is 9.55. The van der Waals surface area contributed by atoms with Gasteiger partial charge in [-0.2, -0.15) is 0 Å². The molecule has 1 aromatic carbocycles. The predicted octanol–water partition coefficient (Wildman–Crippen LogP) is 2.07. The van der Waals surface area contributed by atoms with E-state index in [2.05, 4.69) is 19.2 Å². The Balaban J connectivity index is 1.46. The van der Waals surface area contributed by atoms with Crippen molar-refractivity contribution in [2.75, 3.05) is 5.75 Å². The molecule has 2 bridgehead atoms. The van der Waals surface area contributed by atoms with Gasteiger partial charge in [-0.1, -0.05) is 44.2 Å². The van der Waals surface area contributed by atoms with Crippen LogP contribution in [0.1, 0.15) is 44.7 Å². The molecule has 0 unspecified atom stereocenters. The number of nitrogens with one attached hydrogen (secondary N) is 1. The minimum atomic E-state index is -3.53. The number of rotatable bonds is 2. The number of sulfonamides is 1. The largest absolute Gasteiger partial charge is 0.295 e. The lowest BCUT2D eigenvalue weighted by atomic mass is 9.69. The van der Waals surface area contributed by atoms with Gasteiger partial charge in [0.1, 0.15) is 6.04 Å². The van der Waals surface area contributed by atoms with Gasteiger partial charge >= 0.3 is 0 Å². The molecule has 134 valence electrons. The summed E-state index contributed by atoms with van der Waals surface area (Å²) in [5.41, 5.74) is 0.791. The topological polar surface area (TPSA) is 76.4 Å². The lowest BCUT2D eigenvalue weighted by Crippen LogP contribution is -2.46. The number of hydrogen-bond donors (Lipinski definition) is 1. The summed E-state index contributed by atoms with van der Waals surface area (Å²) in [5.74, 6) is 0.419. The second-order valence-corrected chi connectivity index (χ2v) is 10.6. The highest BCUT2D eigenvalue weighted by molar-refractivity contribution is 7.90. The standard InChI is InChI=1S/C19H24N2O3S/c1-18(2)13-8-9-19(18)11-25(23,24)21(14(19)10-13)17(22)16-15(20-16)12-6-4-3-5-7-12/h3-7,13-16,20H,8-11H2,1-2H3/t13-,14-,15-,16-,19-/m1/s1. The average molecular weight is 360 g/mol. The van der Waals surface area contributed by atoms with Crippen LogP contribution in [0.15, 0.2) is 30.3 Å². The Morgan fingerprint density at radius 3 is 2.64 bits per heavy atom. The van der Waals surface area contributed by atoms with Gasteiger partial charge in [0.2, 0.25) is 10.0 Å². The fraction of sp³-hybridized carbons (Fsp3) is 0.632. The molecular weight excluding hydrogens is 336 g/mol. The van der Waals surface area contributed by atoms with Gasteiger partial charge in [0.05, 0.1) is 17.8 Å². The quantitative estimate of drug-likeness (QED) is 0.819. The summed E-state index contributed by atoms with van der Waals surface area (Å²) in [6, 6.07) is 9.17. The maximum Gasteiger partial charge on any atom is 0.255 e. The first-order valence-corrected chi connectivity index (χ1v) is 10.8. The van der Waals surface area contributed by atoms with E-state index in [0.717, 1.165) is 24.8 Å². The second-order valence-electron chi connectivity index (χ2n) is 8.79. The molecule has 2 heterocycles. The minimum Gasteiger partial charge on any atom is -0.295 e. The van der Waals surface area contributed by atoms with Crippen molar-refractivity contribution in [3.05, 3.63) is 35.9 Å². The molecule has 1 N–H and O–H groups in total. The summed E-state index contributed by atoms with van der Waals surface area (Å²) in [6.07, 6.45) is 2.86. The zero-order chi connectivity index (χ0) is 17.6. The minimum absolute atomic E-state index is 0.00439. The van der Waals surface area contributed by atoms with Gasteiger partial charge in [-0.3, -0.25) is 10.1 Å². The Morgan fingerprint density at radius 1 is 1.24 bits per heavy atom. The van der Waals surface area contributed by atoms with Gasteiger partial charge in [-0.15, -0.1) is 0 Å². The fourth-order valence-corrected chi connectivity index (χ4v) is 8.58. The van der Waals surface area contributed by atoms with Crippen LogP contribution in [-0.4, -0.2) is 36.5 Å². The molecule has 0 aromatic heterocycles. The molecule has 1 spiro atoms. The molecule has 1 aromatic rings. The van der Waals surface area contributed by atoms with Crippen molar-refractivity contribution in [3.8, 4) is 0 Å². The van der Waals surface area contributed by atoms with Crippen molar-refractivity contribution in [1.29, 1.82) is 0 Å². The van der Waals surface area contributed by atoms with Crippen LogP contribution in [0, 0.1) is 16.7 Å². The smallest absolute Gasteiger partial charge is 0.255 e. The summed E-state index contributed by atoms with van der Waals surface area (Å²) < 4.78 is 27.2. The zero-order valence-corrected chi connectivity index (χ0v) is 15.4. The molecule has 6 heteroatoms. The summed E-state index contributed by atoms with van der Waals surface area (Å²) >= 11 is 0. The highest BCUT2D eigenvalue weighted by Crippen LogP contribution is 2.70. The number of fused-ring (bicyclic) bond motifs is 1. The molecule has 5 rings (SSSR count). The van der Waals surface area contributed by atoms with Crippen LogP contribution in [0.5, 0.6) is 0 Å². The molecule has 4 fully saturated rings. The zero-order valence-electron chi connectivity index (χ0n) is 14.6. The van der Waals surface area contributed by atoms with E-state index in [1.54, 1.807) is 0 Å². The van der Waals surface area contributed by atoms with Gasteiger partial charge in [-0.05, 0) is 36.2 Å². The molecule has 4 aliphatic rings. The van der Waals surface area contributed by atoms with E-state index in [0.29, 0.717) is 5.92 Å². The van der Waals surface area contributed by atoms with Crippen LogP contribution in [0.4, 0.5) is 0 Å². The maximum absolute atomic E-state index is 13.1. The van der Waals surface area contributed by atoms with Crippen molar-refractivity contribution in [2.24, 2.45) is 16.7 Å². The molecule has 2 aliphatic heterocycles. The van der Waals surface area contributed by atoms with Crippen LogP contribution >= 0.6 is 0 Å². The van der Waals surface area contributed by atoms with E-state index in [9.17, 15) is 13.2 Å². The van der Waals surface area contributed by atoms with Crippen molar-refractivity contribution >= 4 is 15.9 Å². The SMILES string of the molecule is CC1(C)[C@@H]2CC[C@]13CS(=O)(=O)N(C(=O)[C@@H]1N[C@@H]1c1ccccc1)[C@@H]3C2. The van der Waals surface area contributed by atoms with Crippen LogP contribution in [0.25, 0.3) is 0 Å². The first-order valence-electron chi connectivity index (χ1n) is 9.15. The number of carbonyl (C=O) groups excluding carboxylic acids is 1. The van der Waals surface area contributed by atoms with Crippen molar-refractivity contribution in [3.63, 3.8) is 0 Å². The number of amides is 1. The first-order chi connectivity index (χ1) is 11.8. The third kappa shape index (κ3) is 1.87. The monoisotopic (exact) mass is 360 g/mol. The Hall–Kier alpha value is -1.40. The van der Waals surface area contributed by atoms with E-state index in [1.165, 1.54) is 4.31 Å². The summed E-state index contributed by atoms with van der Waals surface area (Å²) in [5, 5.41) is 3.19. The summed E-state index contributed by atoms with van der Waals surface area (Å²) in [6.45, 7) is 4.41. The summed E-state index contributed by atoms with van der Waals surface area (Å²) in [7, 11) is -3.53. The molecule has 25 heavy (non-hydrogen) atoms. The van der Waals surface area contributed by atoms with Crippen molar-refractivity contribution in [1.82, 2.24) is 9.62 Å². The second kappa shape index (κ2) is 4.65. The van der Waals surface area contributed by atoms with Crippen LogP contribution in [-0.2, 0) is 14.8 Å². The molecule has 5 atom stereocenters.